The molecule has 0 unspecified atom stereocenters. The third-order valence-corrected chi connectivity index (χ3v) is 2.29. The molecular formula is C17H23FO. The lowest BCUT2D eigenvalue weighted by atomic mass is 10.0. The number of halogens is 1. The van der Waals surface area contributed by atoms with Gasteiger partial charge < -0.3 is 0 Å². The van der Waals surface area contributed by atoms with Crippen molar-refractivity contribution in [3.63, 3.8) is 0 Å². The van der Waals surface area contributed by atoms with Crippen molar-refractivity contribution in [3.8, 4) is 0 Å². The Bertz CT molecular complexity index is 388. The quantitative estimate of drug-likeness (QED) is 0.411. The Morgan fingerprint density at radius 1 is 1.21 bits per heavy atom. The van der Waals surface area contributed by atoms with E-state index in [1.165, 1.54) is 11.1 Å². The second-order valence-electron chi connectivity index (χ2n) is 3.31. The molecule has 0 aromatic heterocycles. The number of carbonyl (C=O) groups excluding carboxylic acids is 1. The highest BCUT2D eigenvalue weighted by atomic mass is 19.1. The highest BCUT2D eigenvalue weighted by Gasteiger charge is 1.97. The topological polar surface area (TPSA) is 17.1 Å². The van der Waals surface area contributed by atoms with Crippen LogP contribution in [0.25, 0.3) is 5.57 Å². The Morgan fingerprint density at radius 3 is 2.11 bits per heavy atom. The number of alkyl halides is 1. The van der Waals surface area contributed by atoms with Crippen molar-refractivity contribution in [3.05, 3.63) is 66.8 Å². The third kappa shape index (κ3) is 7.87. The Kier molecular flexibility index (Phi) is 14.4. The molecule has 1 aromatic carbocycles. The average Bonchev–Trinajstić information content (AvgIpc) is 2.52. The number of allylic oxidation sites excluding steroid dienone is 4. The van der Waals surface area contributed by atoms with Crippen molar-refractivity contribution in [1.29, 1.82) is 0 Å². The summed E-state index contributed by atoms with van der Waals surface area (Å²) in [5.74, 6) is 0. The molecule has 19 heavy (non-hydrogen) atoms. The lowest BCUT2D eigenvalue weighted by molar-refractivity contribution is 0.112. The number of rotatable bonds is 4. The lowest BCUT2D eigenvalue weighted by Crippen LogP contribution is -1.84. The molecule has 104 valence electrons. The second kappa shape index (κ2) is 14.1. The molecule has 0 aliphatic heterocycles. The predicted molar refractivity (Wildman–Crippen MR) is 83.2 cm³/mol. The molecule has 2 heteroatoms. The standard InChI is InChI=1S/C14H16O.C2H4.CH3F/c1-3-5-6-13(4-2)14-9-7-12(11-15)8-10-14;2*1-2/h3,5-11H,4H2,1-2H3;1-2H2;1H3/b5-3-,13-6+;;. The van der Waals surface area contributed by atoms with Crippen LogP contribution in [0.2, 0.25) is 0 Å². The number of hydrogen-bond donors (Lipinski definition) is 0. The summed E-state index contributed by atoms with van der Waals surface area (Å²) in [6.07, 6.45) is 8.01. The van der Waals surface area contributed by atoms with E-state index in [1.807, 2.05) is 43.3 Å². The maximum atomic E-state index is 10.5. The summed E-state index contributed by atoms with van der Waals surface area (Å²) < 4.78 is 9.50. The molecule has 0 N–H and O–H groups in total. The lowest BCUT2D eigenvalue weighted by Gasteiger charge is -2.03. The number of carbonyl (C=O) groups is 1. The fourth-order valence-electron chi connectivity index (χ4n) is 1.41. The zero-order valence-corrected chi connectivity index (χ0v) is 12.0. The van der Waals surface area contributed by atoms with Gasteiger partial charge >= 0.3 is 0 Å². The second-order valence-corrected chi connectivity index (χ2v) is 3.31. The average molecular weight is 262 g/mol. The molecule has 0 aliphatic rings. The minimum absolute atomic E-state index is 0.500. The van der Waals surface area contributed by atoms with Gasteiger partial charge in [-0.1, -0.05) is 49.4 Å². The van der Waals surface area contributed by atoms with E-state index in [0.717, 1.165) is 18.3 Å². The van der Waals surface area contributed by atoms with Gasteiger partial charge in [-0.25, -0.2) is 0 Å². The molecule has 1 rings (SSSR count). The molecule has 1 aromatic rings. The number of benzene rings is 1. The predicted octanol–water partition coefficient (Wildman–Crippen LogP) is 5.26. The minimum Gasteiger partial charge on any atom is -0.298 e. The Labute approximate surface area is 116 Å². The van der Waals surface area contributed by atoms with Crippen LogP contribution in [0.4, 0.5) is 4.39 Å². The van der Waals surface area contributed by atoms with Crippen LogP contribution in [-0.4, -0.2) is 13.5 Å². The third-order valence-electron chi connectivity index (χ3n) is 2.29. The largest absolute Gasteiger partial charge is 0.298 e. The summed E-state index contributed by atoms with van der Waals surface area (Å²) in [4.78, 5) is 10.5. The first-order chi connectivity index (χ1) is 9.31. The van der Waals surface area contributed by atoms with Gasteiger partial charge in [0, 0.05) is 5.56 Å². The van der Waals surface area contributed by atoms with Gasteiger partial charge in [0.2, 0.25) is 0 Å². The molecule has 0 fully saturated rings. The van der Waals surface area contributed by atoms with E-state index in [-0.39, 0.29) is 0 Å². The van der Waals surface area contributed by atoms with Gasteiger partial charge in [0.1, 0.15) is 6.29 Å². The highest BCUT2D eigenvalue weighted by molar-refractivity contribution is 5.76. The van der Waals surface area contributed by atoms with Gasteiger partial charge in [0.05, 0.1) is 7.18 Å². The van der Waals surface area contributed by atoms with E-state index in [9.17, 15) is 9.18 Å². The van der Waals surface area contributed by atoms with Gasteiger partial charge in [0.25, 0.3) is 0 Å². The maximum absolute atomic E-state index is 10.5. The molecule has 0 saturated heterocycles. The Morgan fingerprint density at radius 2 is 1.74 bits per heavy atom. The molecule has 0 atom stereocenters. The summed E-state index contributed by atoms with van der Waals surface area (Å²) in [6.45, 7) is 10.1. The van der Waals surface area contributed by atoms with Crippen molar-refractivity contribution >= 4 is 11.9 Å². The van der Waals surface area contributed by atoms with E-state index in [2.05, 4.69) is 26.2 Å². The van der Waals surface area contributed by atoms with Crippen LogP contribution in [0, 0.1) is 0 Å². The van der Waals surface area contributed by atoms with Gasteiger partial charge in [-0.2, -0.15) is 0 Å². The first-order valence-corrected chi connectivity index (χ1v) is 6.07. The summed E-state index contributed by atoms with van der Waals surface area (Å²) in [6, 6.07) is 7.67. The summed E-state index contributed by atoms with van der Waals surface area (Å²) in [5, 5.41) is 0. The Balaban J connectivity index is 0. The van der Waals surface area contributed by atoms with Crippen LogP contribution in [0.3, 0.4) is 0 Å². The van der Waals surface area contributed by atoms with Crippen molar-refractivity contribution in [1.82, 2.24) is 0 Å². The fourth-order valence-corrected chi connectivity index (χ4v) is 1.41. The van der Waals surface area contributed by atoms with E-state index in [1.54, 1.807) is 0 Å². The molecule has 0 bridgehead atoms. The zero-order chi connectivity index (χ0) is 15.1. The van der Waals surface area contributed by atoms with Gasteiger partial charge in [-0.3, -0.25) is 9.18 Å². The molecule has 0 aliphatic carbocycles. The van der Waals surface area contributed by atoms with E-state index < -0.39 is 0 Å². The number of aldehydes is 1. The fraction of sp³-hybridized carbons (Fsp3) is 0.235. The van der Waals surface area contributed by atoms with E-state index in [0.29, 0.717) is 7.18 Å². The van der Waals surface area contributed by atoms with Crippen LogP contribution in [0.5, 0.6) is 0 Å². The van der Waals surface area contributed by atoms with Crippen molar-refractivity contribution in [2.45, 2.75) is 20.3 Å². The molecule has 1 nitrogen and oxygen atoms in total. The monoisotopic (exact) mass is 262 g/mol. The zero-order valence-electron chi connectivity index (χ0n) is 12.0. The Hall–Kier alpha value is -1.96. The van der Waals surface area contributed by atoms with Crippen molar-refractivity contribution in [2.75, 3.05) is 7.18 Å². The van der Waals surface area contributed by atoms with Crippen LogP contribution in [-0.2, 0) is 0 Å². The summed E-state index contributed by atoms with van der Waals surface area (Å²) in [7, 11) is 0.500. The van der Waals surface area contributed by atoms with Crippen LogP contribution in [0.1, 0.15) is 36.2 Å². The molecule has 0 amide bonds. The van der Waals surface area contributed by atoms with Crippen LogP contribution >= 0.6 is 0 Å². The summed E-state index contributed by atoms with van der Waals surface area (Å²) >= 11 is 0. The van der Waals surface area contributed by atoms with E-state index >= 15 is 0 Å². The normalized spacial score (nSPS) is 10.0. The minimum atomic E-state index is 0.500. The molecule has 0 heterocycles. The SMILES string of the molecule is C/C=C\C=C(/CC)c1ccc(C=O)cc1.C=C.CF. The smallest absolute Gasteiger partial charge is 0.150 e. The molecule has 0 spiro atoms. The first kappa shape index (κ1) is 19.4. The molecular weight excluding hydrogens is 239 g/mol. The van der Waals surface area contributed by atoms with Crippen molar-refractivity contribution < 1.29 is 9.18 Å². The molecule has 0 radical (unpaired) electrons. The van der Waals surface area contributed by atoms with Gasteiger partial charge in [0.15, 0.2) is 0 Å². The van der Waals surface area contributed by atoms with Gasteiger partial charge in [-0.15, -0.1) is 13.2 Å². The molecule has 0 saturated carbocycles. The number of hydrogen-bond acceptors (Lipinski definition) is 1. The van der Waals surface area contributed by atoms with Crippen LogP contribution < -0.4 is 0 Å². The van der Waals surface area contributed by atoms with E-state index in [4.69, 9.17) is 0 Å². The first-order valence-electron chi connectivity index (χ1n) is 6.07. The highest BCUT2D eigenvalue weighted by Crippen LogP contribution is 2.18. The maximum Gasteiger partial charge on any atom is 0.150 e. The van der Waals surface area contributed by atoms with Crippen molar-refractivity contribution in [2.24, 2.45) is 0 Å². The summed E-state index contributed by atoms with van der Waals surface area (Å²) in [5.41, 5.74) is 3.19. The van der Waals surface area contributed by atoms with Crippen LogP contribution in [0.15, 0.2) is 55.7 Å². The van der Waals surface area contributed by atoms with Gasteiger partial charge in [-0.05, 0) is 24.5 Å².